The van der Waals surface area contributed by atoms with Gasteiger partial charge >= 0.3 is 0 Å². The van der Waals surface area contributed by atoms with Gasteiger partial charge in [-0.1, -0.05) is 0 Å². The van der Waals surface area contributed by atoms with Crippen LogP contribution in [0, 0.1) is 0 Å². The highest BCUT2D eigenvalue weighted by atomic mass is 32.2. The molecule has 0 unspecified atom stereocenters. The van der Waals surface area contributed by atoms with Gasteiger partial charge in [0.1, 0.15) is 0 Å². The van der Waals surface area contributed by atoms with E-state index in [0.29, 0.717) is 18.1 Å². The molecule has 0 amide bonds. The topological polar surface area (TPSA) is 53.7 Å². The van der Waals surface area contributed by atoms with Crippen LogP contribution in [0.5, 0.6) is 11.5 Å². The zero-order valence-corrected chi connectivity index (χ0v) is 9.89. The first kappa shape index (κ1) is 12.2. The monoisotopic (exact) mass is 229 g/mol. The maximum atomic E-state index is 5.20. The molecule has 5 heteroatoms. The summed E-state index contributed by atoms with van der Waals surface area (Å²) in [5.74, 6) is 6.46. The van der Waals surface area contributed by atoms with Gasteiger partial charge in [-0.25, -0.2) is 5.90 Å². The highest BCUT2D eigenvalue weighted by molar-refractivity contribution is 7.98. The van der Waals surface area contributed by atoms with E-state index in [2.05, 4.69) is 4.84 Å². The quantitative estimate of drug-likeness (QED) is 0.616. The summed E-state index contributed by atoms with van der Waals surface area (Å²) in [6.07, 6.45) is 1.99. The van der Waals surface area contributed by atoms with Crippen LogP contribution in [-0.4, -0.2) is 20.5 Å². The first-order chi connectivity index (χ1) is 7.26. The van der Waals surface area contributed by atoms with Gasteiger partial charge in [-0.3, -0.25) is 4.84 Å². The molecule has 0 aromatic heterocycles. The maximum Gasteiger partial charge on any atom is 0.161 e. The Hall–Kier alpha value is -0.910. The lowest BCUT2D eigenvalue weighted by Crippen LogP contribution is -2.01. The number of benzene rings is 1. The minimum Gasteiger partial charge on any atom is -0.493 e. The van der Waals surface area contributed by atoms with E-state index < -0.39 is 0 Å². The van der Waals surface area contributed by atoms with E-state index in [1.165, 1.54) is 0 Å². The summed E-state index contributed by atoms with van der Waals surface area (Å²) in [6, 6.07) is 3.79. The average Bonchev–Trinajstić information content (AvgIpc) is 2.28. The maximum absolute atomic E-state index is 5.20. The summed E-state index contributed by atoms with van der Waals surface area (Å²) in [5, 5.41) is 0. The van der Waals surface area contributed by atoms with Crippen LogP contribution in [0.2, 0.25) is 0 Å². The third kappa shape index (κ3) is 2.77. The van der Waals surface area contributed by atoms with E-state index in [1.807, 2.05) is 18.4 Å². The summed E-state index contributed by atoms with van der Waals surface area (Å²) < 4.78 is 10.4. The second-order valence-corrected chi connectivity index (χ2v) is 3.68. The summed E-state index contributed by atoms with van der Waals surface area (Å²) in [5.41, 5.74) is 0.989. The van der Waals surface area contributed by atoms with Gasteiger partial charge in [0.2, 0.25) is 0 Å². The number of rotatable bonds is 5. The van der Waals surface area contributed by atoms with Crippen molar-refractivity contribution >= 4 is 11.8 Å². The van der Waals surface area contributed by atoms with Crippen LogP contribution in [-0.2, 0) is 11.4 Å². The van der Waals surface area contributed by atoms with Crippen LogP contribution in [0.15, 0.2) is 17.0 Å². The lowest BCUT2D eigenvalue weighted by molar-refractivity contribution is 0.122. The van der Waals surface area contributed by atoms with E-state index in [0.717, 1.165) is 10.5 Å². The zero-order chi connectivity index (χ0) is 11.3. The van der Waals surface area contributed by atoms with Crippen LogP contribution >= 0.6 is 11.8 Å². The van der Waals surface area contributed by atoms with Crippen LogP contribution in [0.4, 0.5) is 0 Å². The van der Waals surface area contributed by atoms with Gasteiger partial charge in [0.25, 0.3) is 0 Å². The molecule has 0 spiro atoms. The Morgan fingerprint density at radius 3 is 2.27 bits per heavy atom. The summed E-state index contributed by atoms with van der Waals surface area (Å²) in [7, 11) is 3.21. The smallest absolute Gasteiger partial charge is 0.161 e. The molecule has 0 saturated heterocycles. The van der Waals surface area contributed by atoms with E-state index >= 15 is 0 Å². The van der Waals surface area contributed by atoms with Gasteiger partial charge in [-0.05, 0) is 24.0 Å². The number of hydrogen-bond acceptors (Lipinski definition) is 5. The van der Waals surface area contributed by atoms with Crippen molar-refractivity contribution in [3.05, 3.63) is 17.7 Å². The standard InChI is InChI=1S/C10H15NO3S/c1-12-8-4-7(6-14-11)10(15-3)5-9(8)13-2/h4-5H,6,11H2,1-3H3. The molecular formula is C10H15NO3S. The van der Waals surface area contributed by atoms with Gasteiger partial charge < -0.3 is 9.47 Å². The molecule has 1 aromatic carbocycles. The first-order valence-electron chi connectivity index (χ1n) is 4.37. The third-order valence-corrected chi connectivity index (χ3v) is 2.85. The lowest BCUT2D eigenvalue weighted by Gasteiger charge is -2.12. The minimum atomic E-state index is 0.358. The molecule has 4 nitrogen and oxygen atoms in total. The van der Waals surface area contributed by atoms with Gasteiger partial charge in [0, 0.05) is 4.90 Å². The molecule has 0 bridgehead atoms. The lowest BCUT2D eigenvalue weighted by atomic mass is 10.2. The van der Waals surface area contributed by atoms with Gasteiger partial charge in [-0.15, -0.1) is 11.8 Å². The number of ether oxygens (including phenoxy) is 2. The molecule has 0 aliphatic carbocycles. The number of methoxy groups -OCH3 is 2. The molecule has 0 fully saturated rings. The predicted octanol–water partition coefficient (Wildman–Crippen LogP) is 1.82. The van der Waals surface area contributed by atoms with E-state index in [4.69, 9.17) is 15.4 Å². The van der Waals surface area contributed by atoms with E-state index in [-0.39, 0.29) is 0 Å². The Morgan fingerprint density at radius 2 is 1.80 bits per heavy atom. The van der Waals surface area contributed by atoms with Gasteiger partial charge in [-0.2, -0.15) is 0 Å². The Labute approximate surface area is 93.6 Å². The van der Waals surface area contributed by atoms with Gasteiger partial charge in [0.05, 0.1) is 20.8 Å². The van der Waals surface area contributed by atoms with Crippen molar-refractivity contribution in [3.8, 4) is 11.5 Å². The fourth-order valence-corrected chi connectivity index (χ4v) is 1.90. The van der Waals surface area contributed by atoms with Crippen LogP contribution in [0.3, 0.4) is 0 Å². The highest BCUT2D eigenvalue weighted by Gasteiger charge is 2.10. The van der Waals surface area contributed by atoms with Gasteiger partial charge in [0.15, 0.2) is 11.5 Å². The molecule has 2 N–H and O–H groups in total. The van der Waals surface area contributed by atoms with Crippen molar-refractivity contribution in [1.82, 2.24) is 0 Å². The largest absolute Gasteiger partial charge is 0.493 e. The highest BCUT2D eigenvalue weighted by Crippen LogP contribution is 2.34. The van der Waals surface area contributed by atoms with Crippen molar-refractivity contribution in [1.29, 1.82) is 0 Å². The molecular weight excluding hydrogens is 214 g/mol. The Morgan fingerprint density at radius 1 is 1.20 bits per heavy atom. The molecule has 1 aromatic rings. The van der Waals surface area contributed by atoms with Crippen molar-refractivity contribution in [2.75, 3.05) is 20.5 Å². The summed E-state index contributed by atoms with van der Waals surface area (Å²) in [4.78, 5) is 5.70. The average molecular weight is 229 g/mol. The molecule has 0 atom stereocenters. The molecule has 0 radical (unpaired) electrons. The summed E-state index contributed by atoms with van der Waals surface area (Å²) >= 11 is 1.61. The zero-order valence-electron chi connectivity index (χ0n) is 9.07. The van der Waals surface area contributed by atoms with Crippen LogP contribution < -0.4 is 15.4 Å². The molecule has 0 saturated carbocycles. The first-order valence-corrected chi connectivity index (χ1v) is 5.59. The number of nitrogens with two attached hydrogens (primary N) is 1. The second kappa shape index (κ2) is 5.85. The van der Waals surface area contributed by atoms with Crippen LogP contribution in [0.25, 0.3) is 0 Å². The normalized spacial score (nSPS) is 10.1. The molecule has 0 aliphatic heterocycles. The number of hydrogen-bond donors (Lipinski definition) is 1. The second-order valence-electron chi connectivity index (χ2n) is 2.83. The summed E-state index contributed by atoms with van der Waals surface area (Å²) in [6.45, 7) is 0.358. The Bertz CT molecular complexity index is 331. The van der Waals surface area contributed by atoms with E-state index in [1.54, 1.807) is 26.0 Å². The third-order valence-electron chi connectivity index (χ3n) is 2.03. The van der Waals surface area contributed by atoms with Crippen molar-refractivity contribution in [2.24, 2.45) is 5.90 Å². The molecule has 15 heavy (non-hydrogen) atoms. The molecule has 0 aliphatic rings. The molecule has 84 valence electrons. The van der Waals surface area contributed by atoms with Crippen molar-refractivity contribution in [2.45, 2.75) is 11.5 Å². The van der Waals surface area contributed by atoms with E-state index in [9.17, 15) is 0 Å². The minimum absolute atomic E-state index is 0.358. The predicted molar refractivity (Wildman–Crippen MR) is 60.3 cm³/mol. The Kier molecular flexibility index (Phi) is 4.74. The Balaban J connectivity index is 3.15. The fourth-order valence-electron chi connectivity index (χ4n) is 1.30. The fraction of sp³-hybridized carbons (Fsp3) is 0.400. The van der Waals surface area contributed by atoms with Crippen molar-refractivity contribution in [3.63, 3.8) is 0 Å². The van der Waals surface area contributed by atoms with Crippen LogP contribution in [0.1, 0.15) is 5.56 Å². The van der Waals surface area contributed by atoms with Crippen molar-refractivity contribution < 1.29 is 14.3 Å². The SMILES string of the molecule is COc1cc(CON)c(SC)cc1OC. The molecule has 0 heterocycles. The molecule has 1 rings (SSSR count). The number of thioether (sulfide) groups is 1.